The van der Waals surface area contributed by atoms with Gasteiger partial charge in [-0.05, 0) is 18.6 Å². The van der Waals surface area contributed by atoms with Crippen LogP contribution in [0.3, 0.4) is 0 Å². The van der Waals surface area contributed by atoms with Crippen molar-refractivity contribution in [1.29, 1.82) is 0 Å². The molecule has 0 aliphatic heterocycles. The maximum atomic E-state index is 10.4. The van der Waals surface area contributed by atoms with Crippen molar-refractivity contribution >= 4 is 19.5 Å². The zero-order valence-corrected chi connectivity index (χ0v) is 7.16. The van der Waals surface area contributed by atoms with Gasteiger partial charge in [-0.25, -0.2) is 4.79 Å². The Kier molecular flexibility index (Phi) is 3.68. The Morgan fingerprint density at radius 3 is 2.27 bits per heavy atom. The Morgan fingerprint density at radius 1 is 1.36 bits per heavy atom. The molecule has 0 fully saturated rings. The lowest BCUT2D eigenvalue weighted by Crippen LogP contribution is -1.97. The number of aryl methyl sites for hydroxylation is 1. The van der Waals surface area contributed by atoms with Crippen molar-refractivity contribution in [3.63, 3.8) is 0 Å². The second-order valence-electron chi connectivity index (χ2n) is 2.12. The zero-order valence-electron chi connectivity index (χ0n) is 6.16. The third kappa shape index (κ3) is 2.27. The van der Waals surface area contributed by atoms with Gasteiger partial charge in [0.05, 0.1) is 5.56 Å². The minimum atomic E-state index is -0.863. The summed E-state index contributed by atoms with van der Waals surface area (Å²) in [5, 5.41) is 8.57. The van der Waals surface area contributed by atoms with Gasteiger partial charge in [-0.15, -0.1) is 0 Å². The molecule has 1 rings (SSSR count). The highest BCUT2D eigenvalue weighted by Gasteiger charge is 2.02. The lowest BCUT2D eigenvalue weighted by Gasteiger charge is -1.96. The summed E-state index contributed by atoms with van der Waals surface area (Å²) in [5.41, 5.74) is 1.18. The SMILES string of the molecule is Cc1ccccc1C(=O)O.S. The molecule has 0 aliphatic rings. The minimum Gasteiger partial charge on any atom is -0.478 e. The minimum absolute atomic E-state index is 0. The van der Waals surface area contributed by atoms with Gasteiger partial charge in [-0.2, -0.15) is 13.5 Å². The maximum absolute atomic E-state index is 10.4. The van der Waals surface area contributed by atoms with E-state index in [-0.39, 0.29) is 13.5 Å². The number of carboxylic acid groups (broad SMARTS) is 1. The molecule has 0 amide bonds. The summed E-state index contributed by atoms with van der Waals surface area (Å²) in [7, 11) is 0. The van der Waals surface area contributed by atoms with Crippen molar-refractivity contribution in [2.75, 3.05) is 0 Å². The molecule has 0 saturated carbocycles. The Morgan fingerprint density at radius 2 is 1.91 bits per heavy atom. The number of benzene rings is 1. The van der Waals surface area contributed by atoms with E-state index in [1.165, 1.54) is 0 Å². The third-order valence-electron chi connectivity index (χ3n) is 1.38. The summed E-state index contributed by atoms with van der Waals surface area (Å²) in [6.07, 6.45) is 0. The van der Waals surface area contributed by atoms with Gasteiger partial charge in [-0.1, -0.05) is 18.2 Å². The molecule has 0 aliphatic carbocycles. The van der Waals surface area contributed by atoms with Crippen LogP contribution in [0.15, 0.2) is 24.3 Å². The van der Waals surface area contributed by atoms with Crippen LogP contribution in [0.1, 0.15) is 15.9 Å². The summed E-state index contributed by atoms with van der Waals surface area (Å²) in [5.74, 6) is -0.863. The summed E-state index contributed by atoms with van der Waals surface area (Å²) in [4.78, 5) is 10.4. The molecular weight excluding hydrogens is 160 g/mol. The molecule has 0 spiro atoms. The fourth-order valence-corrected chi connectivity index (χ4v) is 0.813. The number of carbonyl (C=O) groups is 1. The Hall–Kier alpha value is -0.960. The van der Waals surface area contributed by atoms with Crippen LogP contribution in [0, 0.1) is 6.92 Å². The summed E-state index contributed by atoms with van der Waals surface area (Å²) >= 11 is 0. The van der Waals surface area contributed by atoms with Crippen molar-refractivity contribution < 1.29 is 9.90 Å². The van der Waals surface area contributed by atoms with Gasteiger partial charge in [0, 0.05) is 0 Å². The number of aromatic carboxylic acids is 1. The molecule has 0 saturated heterocycles. The molecule has 0 radical (unpaired) electrons. The summed E-state index contributed by atoms with van der Waals surface area (Å²) in [6.45, 7) is 1.78. The van der Waals surface area contributed by atoms with Crippen molar-refractivity contribution in [1.82, 2.24) is 0 Å². The molecule has 60 valence electrons. The van der Waals surface area contributed by atoms with E-state index in [0.29, 0.717) is 5.56 Å². The van der Waals surface area contributed by atoms with Gasteiger partial charge < -0.3 is 5.11 Å². The second kappa shape index (κ2) is 4.03. The first kappa shape index (κ1) is 10.0. The van der Waals surface area contributed by atoms with Crippen LogP contribution >= 0.6 is 13.5 Å². The van der Waals surface area contributed by atoms with E-state index in [0.717, 1.165) is 5.56 Å². The lowest BCUT2D eigenvalue weighted by molar-refractivity contribution is 0.0696. The summed E-state index contributed by atoms with van der Waals surface area (Å²) < 4.78 is 0. The predicted molar refractivity (Wildman–Crippen MR) is 48.5 cm³/mol. The quantitative estimate of drug-likeness (QED) is 0.697. The largest absolute Gasteiger partial charge is 0.478 e. The number of carboxylic acids is 1. The molecule has 3 heteroatoms. The van der Waals surface area contributed by atoms with Crippen LogP contribution in [0.2, 0.25) is 0 Å². The van der Waals surface area contributed by atoms with Gasteiger partial charge in [0.1, 0.15) is 0 Å². The van der Waals surface area contributed by atoms with E-state index in [9.17, 15) is 4.79 Å². The highest BCUT2D eigenvalue weighted by Crippen LogP contribution is 2.05. The molecule has 0 aromatic heterocycles. The van der Waals surface area contributed by atoms with E-state index >= 15 is 0 Å². The fraction of sp³-hybridized carbons (Fsp3) is 0.125. The first-order valence-corrected chi connectivity index (χ1v) is 3.01. The van der Waals surface area contributed by atoms with Crippen LogP contribution in [-0.2, 0) is 0 Å². The maximum Gasteiger partial charge on any atom is 0.335 e. The number of hydrogen-bond acceptors (Lipinski definition) is 1. The Bertz CT molecular complexity index is 258. The van der Waals surface area contributed by atoms with Crippen LogP contribution in [0.25, 0.3) is 0 Å². The third-order valence-corrected chi connectivity index (χ3v) is 1.38. The van der Waals surface area contributed by atoms with Crippen LogP contribution in [-0.4, -0.2) is 11.1 Å². The Balaban J connectivity index is 0.000001000. The lowest BCUT2D eigenvalue weighted by atomic mass is 10.1. The molecule has 1 aromatic carbocycles. The molecule has 2 nitrogen and oxygen atoms in total. The van der Waals surface area contributed by atoms with Gasteiger partial charge in [0.2, 0.25) is 0 Å². The molecule has 1 aromatic rings. The van der Waals surface area contributed by atoms with Crippen LogP contribution < -0.4 is 0 Å². The Labute approximate surface area is 72.3 Å². The van der Waals surface area contributed by atoms with Gasteiger partial charge >= 0.3 is 5.97 Å². The van der Waals surface area contributed by atoms with Crippen molar-refractivity contribution in [3.8, 4) is 0 Å². The molecule has 0 unspecified atom stereocenters. The van der Waals surface area contributed by atoms with E-state index < -0.39 is 5.97 Å². The van der Waals surface area contributed by atoms with E-state index in [4.69, 9.17) is 5.11 Å². The molecule has 11 heavy (non-hydrogen) atoms. The normalized spacial score (nSPS) is 8.45. The van der Waals surface area contributed by atoms with Crippen molar-refractivity contribution in [2.24, 2.45) is 0 Å². The first-order valence-electron chi connectivity index (χ1n) is 3.01. The van der Waals surface area contributed by atoms with Gasteiger partial charge in [-0.3, -0.25) is 0 Å². The zero-order chi connectivity index (χ0) is 7.56. The molecule has 0 heterocycles. The van der Waals surface area contributed by atoms with Crippen LogP contribution in [0.5, 0.6) is 0 Å². The van der Waals surface area contributed by atoms with E-state index in [1.54, 1.807) is 25.1 Å². The standard InChI is InChI=1S/C8H8O2.H2S/c1-6-4-2-3-5-7(6)8(9)10;/h2-5H,1H3,(H,9,10);1H2. The fourth-order valence-electron chi connectivity index (χ4n) is 0.813. The molecule has 1 N–H and O–H groups in total. The van der Waals surface area contributed by atoms with Gasteiger partial charge in [0.15, 0.2) is 0 Å². The van der Waals surface area contributed by atoms with Crippen molar-refractivity contribution in [3.05, 3.63) is 35.4 Å². The monoisotopic (exact) mass is 170 g/mol. The highest BCUT2D eigenvalue weighted by molar-refractivity contribution is 7.59. The van der Waals surface area contributed by atoms with Crippen molar-refractivity contribution in [2.45, 2.75) is 6.92 Å². The smallest absolute Gasteiger partial charge is 0.335 e. The predicted octanol–water partition coefficient (Wildman–Crippen LogP) is 1.81. The van der Waals surface area contributed by atoms with E-state index in [1.807, 2.05) is 6.07 Å². The molecule has 0 bridgehead atoms. The number of rotatable bonds is 1. The average molecular weight is 170 g/mol. The highest BCUT2D eigenvalue weighted by atomic mass is 32.1. The van der Waals surface area contributed by atoms with Crippen LogP contribution in [0.4, 0.5) is 0 Å². The van der Waals surface area contributed by atoms with E-state index in [2.05, 4.69) is 0 Å². The number of hydrogen-bond donors (Lipinski definition) is 1. The first-order chi connectivity index (χ1) is 4.72. The summed E-state index contributed by atoms with van der Waals surface area (Å²) in [6, 6.07) is 6.92. The average Bonchev–Trinajstić information content (AvgIpc) is 1.88. The molecular formula is C8H10O2S. The second-order valence-corrected chi connectivity index (χ2v) is 2.12. The topological polar surface area (TPSA) is 37.3 Å². The van der Waals surface area contributed by atoms with Gasteiger partial charge in [0.25, 0.3) is 0 Å². The molecule has 0 atom stereocenters.